The lowest BCUT2D eigenvalue weighted by Crippen LogP contribution is -2.35. The lowest BCUT2D eigenvalue weighted by atomic mass is 9.95. The molecule has 0 aromatic heterocycles. The van der Waals surface area contributed by atoms with Crippen LogP contribution in [0.15, 0.2) is 84.4 Å². The van der Waals surface area contributed by atoms with Crippen LogP contribution in [0.5, 0.6) is 0 Å². The third-order valence-corrected chi connectivity index (χ3v) is 5.80. The molecule has 0 bridgehead atoms. The highest BCUT2D eigenvalue weighted by Gasteiger charge is 2.34. The summed E-state index contributed by atoms with van der Waals surface area (Å²) in [6, 6.07) is 25.6. The Hall–Kier alpha value is -3.19. The molecule has 2 amide bonds. The van der Waals surface area contributed by atoms with Crippen LogP contribution in [-0.4, -0.2) is 11.8 Å². The van der Waals surface area contributed by atoms with Gasteiger partial charge >= 0.3 is 0 Å². The van der Waals surface area contributed by atoms with Crippen LogP contribution in [0.2, 0.25) is 0 Å². The van der Waals surface area contributed by atoms with Crippen LogP contribution < -0.4 is 10.4 Å². The van der Waals surface area contributed by atoms with Gasteiger partial charge in [0.2, 0.25) is 0 Å². The summed E-state index contributed by atoms with van der Waals surface area (Å²) in [6.07, 6.45) is 1.72. The molecule has 4 aromatic rings. The van der Waals surface area contributed by atoms with Crippen molar-refractivity contribution in [2.45, 2.75) is 0 Å². The van der Waals surface area contributed by atoms with Gasteiger partial charge in [-0.3, -0.25) is 15.0 Å². The minimum absolute atomic E-state index is 0.130. The van der Waals surface area contributed by atoms with Gasteiger partial charge in [-0.1, -0.05) is 48.5 Å². The van der Waals surface area contributed by atoms with E-state index >= 15 is 0 Å². The summed E-state index contributed by atoms with van der Waals surface area (Å²) < 4.78 is 1.06. The first-order valence-electron chi connectivity index (χ1n) is 9.15. The van der Waals surface area contributed by atoms with Gasteiger partial charge in [0, 0.05) is 3.57 Å². The molecule has 1 aliphatic heterocycles. The molecule has 0 aliphatic carbocycles. The third-order valence-electron chi connectivity index (χ3n) is 5.08. The van der Waals surface area contributed by atoms with Gasteiger partial charge in [-0.2, -0.15) is 0 Å². The molecule has 0 unspecified atom stereocenters. The van der Waals surface area contributed by atoms with E-state index in [1.54, 1.807) is 6.08 Å². The fraction of sp³-hybridized carbons (Fsp3) is 0. The average molecular weight is 490 g/mol. The van der Waals surface area contributed by atoms with Crippen LogP contribution in [-0.2, 0) is 9.59 Å². The Kier molecular flexibility index (Phi) is 4.32. The highest BCUT2D eigenvalue weighted by atomic mass is 127. The second kappa shape index (κ2) is 7.00. The van der Waals surface area contributed by atoms with Gasteiger partial charge in [0.25, 0.3) is 11.8 Å². The van der Waals surface area contributed by atoms with Gasteiger partial charge in [-0.25, -0.2) is 5.01 Å². The van der Waals surface area contributed by atoms with Gasteiger partial charge in [0.15, 0.2) is 0 Å². The second-order valence-corrected chi connectivity index (χ2v) is 8.09. The van der Waals surface area contributed by atoms with Crippen LogP contribution in [0.1, 0.15) is 5.56 Å². The fourth-order valence-corrected chi connectivity index (χ4v) is 4.04. The summed E-state index contributed by atoms with van der Waals surface area (Å²) in [5.41, 5.74) is 4.32. The minimum atomic E-state index is -0.398. The summed E-state index contributed by atoms with van der Waals surface area (Å²) in [6.45, 7) is 0. The quantitative estimate of drug-likeness (QED) is 0.185. The molecule has 1 aliphatic rings. The highest BCUT2D eigenvalue weighted by Crippen LogP contribution is 2.31. The molecule has 29 heavy (non-hydrogen) atoms. The first-order valence-corrected chi connectivity index (χ1v) is 10.2. The maximum absolute atomic E-state index is 13.1. The number of nitrogens with one attached hydrogen (secondary N) is 1. The maximum atomic E-state index is 13.1. The van der Waals surface area contributed by atoms with E-state index in [1.807, 2.05) is 72.8 Å². The van der Waals surface area contributed by atoms with Crippen molar-refractivity contribution in [1.82, 2.24) is 5.43 Å². The lowest BCUT2D eigenvalue weighted by Gasteiger charge is -2.14. The number of carbonyl (C=O) groups excluding carboxylic acids is 2. The Morgan fingerprint density at radius 3 is 2.00 bits per heavy atom. The van der Waals surface area contributed by atoms with Crippen molar-refractivity contribution in [2.75, 3.05) is 5.01 Å². The summed E-state index contributed by atoms with van der Waals surface area (Å²) >= 11 is 2.20. The molecule has 5 rings (SSSR count). The summed E-state index contributed by atoms with van der Waals surface area (Å²) in [7, 11) is 0. The Labute approximate surface area is 180 Å². The third kappa shape index (κ3) is 3.07. The number of hydrogen-bond acceptors (Lipinski definition) is 2. The van der Waals surface area contributed by atoms with Gasteiger partial charge in [0.1, 0.15) is 5.57 Å². The molecule has 0 spiro atoms. The zero-order valence-electron chi connectivity index (χ0n) is 15.2. The molecule has 1 N–H and O–H groups in total. The Morgan fingerprint density at radius 2 is 1.38 bits per heavy atom. The smallest absolute Gasteiger partial charge is 0.267 e. The monoisotopic (exact) mass is 490 g/mol. The molecule has 4 aromatic carbocycles. The van der Waals surface area contributed by atoms with Crippen molar-refractivity contribution in [3.05, 3.63) is 93.6 Å². The molecule has 0 saturated carbocycles. The number of nitrogens with zero attached hydrogens (tertiary/aromatic N) is 1. The van der Waals surface area contributed by atoms with E-state index in [2.05, 4.69) is 34.1 Å². The number of carbonyl (C=O) groups is 2. The predicted octanol–water partition coefficient (Wildman–Crippen LogP) is 5.06. The minimum Gasteiger partial charge on any atom is -0.267 e. The zero-order valence-corrected chi connectivity index (χ0v) is 17.4. The van der Waals surface area contributed by atoms with E-state index in [0.29, 0.717) is 5.69 Å². The van der Waals surface area contributed by atoms with Crippen molar-refractivity contribution in [1.29, 1.82) is 0 Å². The number of fused-ring (bicyclic) bond motifs is 2. The molecular formula is C24H15IN2O2. The molecule has 5 heteroatoms. The van der Waals surface area contributed by atoms with Gasteiger partial charge in [0.05, 0.1) is 5.69 Å². The number of benzene rings is 4. The molecule has 0 radical (unpaired) electrons. The molecule has 4 nitrogen and oxygen atoms in total. The number of hydrazine groups is 1. The number of halogens is 1. The van der Waals surface area contributed by atoms with Crippen LogP contribution in [0, 0.1) is 3.57 Å². The zero-order chi connectivity index (χ0) is 20.0. The van der Waals surface area contributed by atoms with Gasteiger partial charge in [-0.05, 0) is 86.1 Å². The number of amides is 2. The topological polar surface area (TPSA) is 49.4 Å². The van der Waals surface area contributed by atoms with Crippen molar-refractivity contribution in [2.24, 2.45) is 0 Å². The molecule has 140 valence electrons. The van der Waals surface area contributed by atoms with Crippen LogP contribution in [0.25, 0.3) is 27.6 Å². The summed E-state index contributed by atoms with van der Waals surface area (Å²) in [5.74, 6) is -0.751. The van der Waals surface area contributed by atoms with Crippen LogP contribution >= 0.6 is 22.6 Å². The van der Waals surface area contributed by atoms with E-state index in [9.17, 15) is 9.59 Å². The first kappa shape index (κ1) is 17.9. The highest BCUT2D eigenvalue weighted by molar-refractivity contribution is 14.1. The Balaban J connectivity index is 1.68. The maximum Gasteiger partial charge on any atom is 0.282 e. The van der Waals surface area contributed by atoms with E-state index in [-0.39, 0.29) is 11.5 Å². The normalized spacial score (nSPS) is 15.5. The predicted molar refractivity (Wildman–Crippen MR) is 124 cm³/mol. The lowest BCUT2D eigenvalue weighted by molar-refractivity contribution is -0.117. The van der Waals surface area contributed by atoms with E-state index in [1.165, 1.54) is 5.01 Å². The number of rotatable bonds is 2. The van der Waals surface area contributed by atoms with E-state index < -0.39 is 5.91 Å². The van der Waals surface area contributed by atoms with Crippen molar-refractivity contribution >= 4 is 67.7 Å². The Bertz CT molecular complexity index is 1270. The van der Waals surface area contributed by atoms with Gasteiger partial charge in [-0.15, -0.1) is 0 Å². The second-order valence-electron chi connectivity index (χ2n) is 6.85. The summed E-state index contributed by atoms with van der Waals surface area (Å²) in [4.78, 5) is 25.7. The van der Waals surface area contributed by atoms with E-state index in [0.717, 1.165) is 30.7 Å². The van der Waals surface area contributed by atoms with Crippen molar-refractivity contribution < 1.29 is 9.59 Å². The average Bonchev–Trinajstić information content (AvgIpc) is 3.02. The SMILES string of the molecule is O=C1NN(c2ccc(I)cc2)C(=O)C1=Cc1c2ccccc2cc2ccccc12. The molecule has 0 atom stereocenters. The summed E-state index contributed by atoms with van der Waals surface area (Å²) in [5, 5.41) is 5.45. The fourth-order valence-electron chi connectivity index (χ4n) is 3.68. The number of hydrogen-bond donors (Lipinski definition) is 1. The van der Waals surface area contributed by atoms with Crippen molar-refractivity contribution in [3.8, 4) is 0 Å². The van der Waals surface area contributed by atoms with Crippen LogP contribution in [0.4, 0.5) is 5.69 Å². The molecule has 1 saturated heterocycles. The van der Waals surface area contributed by atoms with Crippen molar-refractivity contribution in [3.63, 3.8) is 0 Å². The van der Waals surface area contributed by atoms with E-state index in [4.69, 9.17) is 0 Å². The standard InChI is InChI=1S/C24H15IN2O2/c25-17-9-11-18(12-10-17)27-24(29)22(23(28)26-27)14-21-19-7-3-1-5-15(19)13-16-6-2-4-8-20(16)21/h1-14H,(H,26,28). The first-order chi connectivity index (χ1) is 14.1. The van der Waals surface area contributed by atoms with Crippen LogP contribution in [0.3, 0.4) is 0 Å². The van der Waals surface area contributed by atoms with Gasteiger partial charge < -0.3 is 0 Å². The largest absolute Gasteiger partial charge is 0.282 e. The molecule has 1 heterocycles. The number of anilines is 1. The Morgan fingerprint density at radius 1 is 0.793 bits per heavy atom. The molecule has 1 fully saturated rings. The molecular weight excluding hydrogens is 475 g/mol.